The standard InChI is InChI=1S/C66H37BN2O2S2/c1-3-16-38(17-4-1)62-50(32-30-44-42-22-9-13-28-60(42)72-65(44)62)68-52-24-15-25-53-64(52)67(48-34-46-40-20-7-11-26-56(40)70-58(46)36-54(48)68)49-35-47-41-21-8-12-27-57(41)71-59(47)37-55(49)69(53)51-33-31-45-43-23-10-14-29-61(43)73-66(45)63(51)39-18-5-2-6-19-39/h1-37H. The number of anilines is 6. The number of thiophene rings is 2. The molecule has 0 N–H and O–H groups in total. The molecule has 0 spiro atoms. The minimum atomic E-state index is -0.152. The molecule has 0 aliphatic carbocycles. The van der Waals surface area contributed by atoms with E-state index < -0.39 is 0 Å². The Morgan fingerprint density at radius 3 is 1.21 bits per heavy atom. The van der Waals surface area contributed by atoms with Crippen molar-refractivity contribution < 1.29 is 8.83 Å². The van der Waals surface area contributed by atoms with Gasteiger partial charge in [-0.25, -0.2) is 0 Å². The van der Waals surface area contributed by atoms with E-state index >= 15 is 0 Å². The van der Waals surface area contributed by atoms with Gasteiger partial charge in [-0.15, -0.1) is 22.7 Å². The topological polar surface area (TPSA) is 32.8 Å². The van der Waals surface area contributed by atoms with Crippen LogP contribution in [-0.4, -0.2) is 6.71 Å². The first kappa shape index (κ1) is 39.8. The van der Waals surface area contributed by atoms with E-state index in [4.69, 9.17) is 8.83 Å². The van der Waals surface area contributed by atoms with Crippen molar-refractivity contribution in [3.05, 3.63) is 224 Å². The smallest absolute Gasteiger partial charge is 0.252 e. The Morgan fingerprint density at radius 1 is 0.301 bits per heavy atom. The van der Waals surface area contributed by atoms with Crippen LogP contribution in [0.3, 0.4) is 0 Å². The number of nitrogens with zero attached hydrogens (tertiary/aromatic N) is 2. The van der Waals surface area contributed by atoms with E-state index in [1.807, 2.05) is 22.7 Å². The van der Waals surface area contributed by atoms with Crippen LogP contribution in [-0.2, 0) is 0 Å². The molecule has 73 heavy (non-hydrogen) atoms. The first-order chi connectivity index (χ1) is 36.2. The van der Waals surface area contributed by atoms with Crippen molar-refractivity contribution in [2.24, 2.45) is 0 Å². The van der Waals surface area contributed by atoms with E-state index in [0.29, 0.717) is 0 Å². The van der Waals surface area contributed by atoms with Crippen molar-refractivity contribution in [1.82, 2.24) is 0 Å². The van der Waals surface area contributed by atoms with Gasteiger partial charge in [-0.05, 0) is 76.0 Å². The predicted octanol–water partition coefficient (Wildman–Crippen LogP) is 17.6. The van der Waals surface area contributed by atoms with E-state index in [9.17, 15) is 0 Å². The lowest BCUT2D eigenvalue weighted by molar-refractivity contribution is 0.668. The van der Waals surface area contributed by atoms with Gasteiger partial charge in [0.15, 0.2) is 0 Å². The number of fused-ring (bicyclic) bond motifs is 16. The molecule has 0 radical (unpaired) electrons. The molecule has 4 nitrogen and oxygen atoms in total. The van der Waals surface area contributed by atoms with Gasteiger partial charge in [0.2, 0.25) is 0 Å². The average molecular weight is 965 g/mol. The maximum Gasteiger partial charge on any atom is 0.252 e. The lowest BCUT2D eigenvalue weighted by Crippen LogP contribution is -2.61. The molecule has 0 fully saturated rings. The third kappa shape index (κ3) is 5.50. The fraction of sp³-hybridized carbons (Fsp3) is 0. The second kappa shape index (κ2) is 14.8. The zero-order valence-electron chi connectivity index (χ0n) is 39.0. The Bertz CT molecular complexity index is 4540. The zero-order valence-corrected chi connectivity index (χ0v) is 40.6. The summed E-state index contributed by atoms with van der Waals surface area (Å²) < 4.78 is 18.8. The molecule has 0 amide bonds. The molecular weight excluding hydrogens is 928 g/mol. The maximum atomic E-state index is 6.83. The highest BCUT2D eigenvalue weighted by Crippen LogP contribution is 2.54. The second-order valence-corrected chi connectivity index (χ2v) is 21.5. The number of para-hydroxylation sites is 2. The van der Waals surface area contributed by atoms with E-state index in [2.05, 4.69) is 234 Å². The number of benzene rings is 11. The maximum absolute atomic E-state index is 6.83. The number of hydrogen-bond acceptors (Lipinski definition) is 6. The van der Waals surface area contributed by atoms with Crippen LogP contribution in [0.25, 0.3) is 106 Å². The summed E-state index contributed by atoms with van der Waals surface area (Å²) in [5.41, 5.74) is 18.7. The van der Waals surface area contributed by atoms with Crippen LogP contribution in [0.2, 0.25) is 0 Å². The van der Waals surface area contributed by atoms with Gasteiger partial charge in [-0.1, -0.05) is 164 Å². The number of rotatable bonds is 4. The monoisotopic (exact) mass is 964 g/mol. The fourth-order valence-corrected chi connectivity index (χ4v) is 15.1. The summed E-state index contributed by atoms with van der Waals surface area (Å²) in [5, 5.41) is 9.53. The van der Waals surface area contributed by atoms with Gasteiger partial charge in [0.05, 0.1) is 11.4 Å². The fourth-order valence-electron chi connectivity index (χ4n) is 12.6. The van der Waals surface area contributed by atoms with Crippen molar-refractivity contribution in [1.29, 1.82) is 0 Å². The summed E-state index contributed by atoms with van der Waals surface area (Å²) in [5.74, 6) is 0. The van der Waals surface area contributed by atoms with Gasteiger partial charge in [-0.2, -0.15) is 0 Å². The van der Waals surface area contributed by atoms with E-state index in [1.165, 1.54) is 79.0 Å². The molecule has 0 saturated carbocycles. The largest absolute Gasteiger partial charge is 0.456 e. The Labute approximate surface area is 426 Å². The average Bonchev–Trinajstić information content (AvgIpc) is 4.23. The van der Waals surface area contributed by atoms with Gasteiger partial charge in [0.25, 0.3) is 6.71 Å². The number of furan rings is 2. The van der Waals surface area contributed by atoms with Crippen molar-refractivity contribution in [2.75, 3.05) is 9.80 Å². The summed E-state index contributed by atoms with van der Waals surface area (Å²) in [6, 6.07) is 82.6. The molecule has 0 unspecified atom stereocenters. The van der Waals surface area contributed by atoms with Crippen molar-refractivity contribution >= 4 is 164 Å². The Morgan fingerprint density at radius 2 is 0.726 bits per heavy atom. The van der Waals surface area contributed by atoms with Crippen molar-refractivity contribution in [2.45, 2.75) is 0 Å². The molecule has 17 rings (SSSR count). The molecule has 11 aromatic carbocycles. The van der Waals surface area contributed by atoms with Crippen molar-refractivity contribution in [3.63, 3.8) is 0 Å². The molecular formula is C66H37BN2O2S2. The van der Waals surface area contributed by atoms with Crippen LogP contribution in [0.5, 0.6) is 0 Å². The van der Waals surface area contributed by atoms with Gasteiger partial charge >= 0.3 is 0 Å². The van der Waals surface area contributed by atoms with Gasteiger partial charge in [0, 0.05) is 108 Å². The predicted molar refractivity (Wildman–Crippen MR) is 312 cm³/mol. The molecule has 2 aliphatic heterocycles. The number of hydrogen-bond donors (Lipinski definition) is 0. The van der Waals surface area contributed by atoms with Crippen LogP contribution in [0, 0.1) is 0 Å². The van der Waals surface area contributed by atoms with E-state index in [0.717, 1.165) is 78.0 Å². The summed E-state index contributed by atoms with van der Waals surface area (Å²) in [6.07, 6.45) is 0. The SMILES string of the molecule is c1ccc(-c2c(N3c4cc5oc6ccccc6c5cc4B4c5cc6c(cc5N(c5ccc7c(sc8ccccc87)c5-c5ccccc5)c5cccc3c54)oc3ccccc36)ccc3c2sc2ccccc23)cc1. The molecule has 6 heterocycles. The molecule has 7 heteroatoms. The van der Waals surface area contributed by atoms with Crippen LogP contribution < -0.4 is 26.2 Å². The van der Waals surface area contributed by atoms with E-state index in [1.54, 1.807) is 0 Å². The third-order valence-electron chi connectivity index (χ3n) is 15.6. The second-order valence-electron chi connectivity index (χ2n) is 19.4. The van der Waals surface area contributed by atoms with Crippen LogP contribution in [0.4, 0.5) is 34.1 Å². The normalized spacial score (nSPS) is 13.1. The highest BCUT2D eigenvalue weighted by atomic mass is 32.1. The molecule has 0 saturated heterocycles. The molecule has 0 bridgehead atoms. The highest BCUT2D eigenvalue weighted by molar-refractivity contribution is 7.26. The molecule has 15 aromatic rings. The van der Waals surface area contributed by atoms with Crippen LogP contribution in [0.15, 0.2) is 233 Å². The van der Waals surface area contributed by atoms with Gasteiger partial charge < -0.3 is 18.6 Å². The van der Waals surface area contributed by atoms with E-state index in [-0.39, 0.29) is 6.71 Å². The minimum absolute atomic E-state index is 0.152. The molecule has 2 aliphatic rings. The summed E-state index contributed by atoms with van der Waals surface area (Å²) in [7, 11) is 0. The minimum Gasteiger partial charge on any atom is -0.456 e. The van der Waals surface area contributed by atoms with Crippen molar-refractivity contribution in [3.8, 4) is 22.3 Å². The molecule has 4 aromatic heterocycles. The summed E-state index contributed by atoms with van der Waals surface area (Å²) in [4.78, 5) is 5.12. The summed E-state index contributed by atoms with van der Waals surface area (Å²) >= 11 is 3.76. The third-order valence-corrected chi connectivity index (χ3v) is 18.1. The Hall–Kier alpha value is -8.88. The first-order valence-corrected chi connectivity index (χ1v) is 26.5. The summed E-state index contributed by atoms with van der Waals surface area (Å²) in [6.45, 7) is -0.152. The first-order valence-electron chi connectivity index (χ1n) is 24.8. The molecule has 0 atom stereocenters. The Balaban J connectivity index is 1.03. The molecule has 338 valence electrons. The quantitative estimate of drug-likeness (QED) is 0.165. The Kier molecular flexibility index (Phi) is 8.09. The lowest BCUT2D eigenvalue weighted by atomic mass is 9.33. The lowest BCUT2D eigenvalue weighted by Gasteiger charge is -2.44. The zero-order chi connectivity index (χ0) is 47.5. The van der Waals surface area contributed by atoms with Gasteiger partial charge in [-0.3, -0.25) is 0 Å². The van der Waals surface area contributed by atoms with Crippen LogP contribution in [0.1, 0.15) is 0 Å². The highest BCUT2D eigenvalue weighted by Gasteiger charge is 2.45. The van der Waals surface area contributed by atoms with Gasteiger partial charge in [0.1, 0.15) is 22.3 Å². The van der Waals surface area contributed by atoms with Crippen LogP contribution >= 0.6 is 22.7 Å².